The highest BCUT2D eigenvalue weighted by molar-refractivity contribution is 6.19. The summed E-state index contributed by atoms with van der Waals surface area (Å²) in [5.74, 6) is -0.221. The third kappa shape index (κ3) is 4.14. The van der Waals surface area contributed by atoms with Crippen molar-refractivity contribution in [2.24, 2.45) is 4.99 Å². The third-order valence-corrected chi connectivity index (χ3v) is 4.55. The summed E-state index contributed by atoms with van der Waals surface area (Å²) in [6.07, 6.45) is -0.337. The molecule has 1 amide bonds. The maximum atomic E-state index is 12.9. The van der Waals surface area contributed by atoms with E-state index in [1.807, 2.05) is 54.6 Å². The van der Waals surface area contributed by atoms with Crippen molar-refractivity contribution in [3.8, 4) is 0 Å². The van der Waals surface area contributed by atoms with Gasteiger partial charge in [0, 0.05) is 11.1 Å². The maximum absolute atomic E-state index is 12.9. The average molecular weight is 403 g/mol. The largest absolute Gasteiger partial charge is 0.459 e. The van der Waals surface area contributed by atoms with Crippen LogP contribution in [0.5, 0.6) is 0 Å². The molecule has 0 aliphatic carbocycles. The van der Waals surface area contributed by atoms with Crippen LogP contribution in [0.15, 0.2) is 82.4 Å². The molecule has 2 heterocycles. The number of carbonyl (C=O) groups excluding carboxylic acids is 1. The van der Waals surface area contributed by atoms with Crippen LogP contribution in [-0.4, -0.2) is 37.1 Å². The molecule has 2 unspecified atom stereocenters. The number of carbonyl (C=O) groups is 1. The van der Waals surface area contributed by atoms with E-state index in [1.54, 1.807) is 19.2 Å². The van der Waals surface area contributed by atoms with Crippen LogP contribution in [0, 0.1) is 5.41 Å². The molecule has 8 heteroatoms. The van der Waals surface area contributed by atoms with Crippen LogP contribution in [-0.2, 0) is 9.53 Å². The van der Waals surface area contributed by atoms with Gasteiger partial charge in [-0.1, -0.05) is 48.5 Å². The Morgan fingerprint density at radius 1 is 1.13 bits per heavy atom. The number of nitrogens with one attached hydrogen (secondary N) is 4. The highest BCUT2D eigenvalue weighted by Gasteiger charge is 2.28. The minimum absolute atomic E-state index is 0.170. The number of aliphatic imine (C=N–C) groups is 1. The number of fused-ring (bicyclic) bond motifs is 1. The highest BCUT2D eigenvalue weighted by Crippen LogP contribution is 2.23. The lowest BCUT2D eigenvalue weighted by Gasteiger charge is -2.22. The first-order valence-corrected chi connectivity index (χ1v) is 9.41. The van der Waals surface area contributed by atoms with Crippen LogP contribution in [0.1, 0.15) is 16.9 Å². The van der Waals surface area contributed by atoms with E-state index in [9.17, 15) is 4.79 Å². The molecule has 0 saturated heterocycles. The predicted octanol–water partition coefficient (Wildman–Crippen LogP) is 2.53. The number of para-hydroxylation sites is 1. The minimum atomic E-state index is -0.950. The van der Waals surface area contributed by atoms with Gasteiger partial charge in [-0.2, -0.15) is 0 Å². The lowest BCUT2D eigenvalue weighted by molar-refractivity contribution is -0.118. The zero-order valence-electron chi connectivity index (χ0n) is 16.3. The SMILES string of the molecule is CNC(NC1N=C(c2ccccc2)c2ccccc2NC1=O)OC(=N)c1ccco1. The standard InChI is InChI=1S/C22H21N5O3/c1-24-22(30-19(23)17-12-7-13-29-17)27-20-21(28)25-16-11-6-5-10-15(16)18(26-20)14-8-3-2-4-9-14/h2-13,20,22-24,27H,1H3,(H,25,28). The molecule has 4 N–H and O–H groups in total. The molecular formula is C22H21N5O3. The van der Waals surface area contributed by atoms with Crippen molar-refractivity contribution >= 4 is 23.2 Å². The summed E-state index contributed by atoms with van der Waals surface area (Å²) < 4.78 is 10.7. The number of anilines is 1. The summed E-state index contributed by atoms with van der Waals surface area (Å²) in [5, 5.41) is 16.9. The number of nitrogens with zero attached hydrogens (tertiary/aromatic N) is 1. The second-order valence-electron chi connectivity index (χ2n) is 6.54. The number of amides is 1. The van der Waals surface area contributed by atoms with Crippen molar-refractivity contribution in [2.45, 2.75) is 12.5 Å². The molecule has 1 aromatic heterocycles. The van der Waals surface area contributed by atoms with Gasteiger partial charge in [-0.15, -0.1) is 0 Å². The number of hydrogen-bond acceptors (Lipinski definition) is 7. The molecule has 1 aliphatic heterocycles. The van der Waals surface area contributed by atoms with E-state index < -0.39 is 12.5 Å². The molecule has 4 rings (SSSR count). The Bertz CT molecular complexity index is 1060. The van der Waals surface area contributed by atoms with Crippen LogP contribution in [0.3, 0.4) is 0 Å². The number of rotatable bonds is 6. The van der Waals surface area contributed by atoms with Gasteiger partial charge in [0.1, 0.15) is 0 Å². The average Bonchev–Trinajstić information content (AvgIpc) is 3.27. The van der Waals surface area contributed by atoms with E-state index in [-0.39, 0.29) is 17.6 Å². The van der Waals surface area contributed by atoms with E-state index in [1.165, 1.54) is 6.26 Å². The molecule has 2 aromatic carbocycles. The lowest BCUT2D eigenvalue weighted by atomic mass is 10.0. The summed E-state index contributed by atoms with van der Waals surface area (Å²) >= 11 is 0. The first-order valence-electron chi connectivity index (χ1n) is 9.41. The second-order valence-corrected chi connectivity index (χ2v) is 6.54. The van der Waals surface area contributed by atoms with Gasteiger partial charge < -0.3 is 14.5 Å². The smallest absolute Gasteiger partial charge is 0.264 e. The predicted molar refractivity (Wildman–Crippen MR) is 114 cm³/mol. The number of hydrogen-bond donors (Lipinski definition) is 4. The van der Waals surface area contributed by atoms with E-state index in [2.05, 4.69) is 16.0 Å². The minimum Gasteiger partial charge on any atom is -0.459 e. The van der Waals surface area contributed by atoms with Gasteiger partial charge in [-0.05, 0) is 25.2 Å². The fourth-order valence-electron chi connectivity index (χ4n) is 3.10. The third-order valence-electron chi connectivity index (χ3n) is 4.55. The Kier molecular flexibility index (Phi) is 5.69. The van der Waals surface area contributed by atoms with Crippen LogP contribution in [0.25, 0.3) is 0 Å². The van der Waals surface area contributed by atoms with Crippen molar-refractivity contribution in [3.63, 3.8) is 0 Å². The quantitative estimate of drug-likeness (QED) is 0.287. The topological polar surface area (TPSA) is 112 Å². The molecule has 2 atom stereocenters. The highest BCUT2D eigenvalue weighted by atomic mass is 16.5. The Hall–Kier alpha value is -3.75. The summed E-state index contributed by atoms with van der Waals surface area (Å²) in [6.45, 7) is 0. The Morgan fingerprint density at radius 3 is 2.63 bits per heavy atom. The normalized spacial score (nSPS) is 16.6. The number of benzene rings is 2. The van der Waals surface area contributed by atoms with Gasteiger partial charge in [0.15, 0.2) is 11.9 Å². The van der Waals surface area contributed by atoms with Gasteiger partial charge in [-0.3, -0.25) is 20.5 Å². The molecule has 0 fully saturated rings. The molecule has 1 aliphatic rings. The van der Waals surface area contributed by atoms with Crippen LogP contribution in [0.4, 0.5) is 5.69 Å². The van der Waals surface area contributed by atoms with Crippen LogP contribution >= 0.6 is 0 Å². The Morgan fingerprint density at radius 2 is 1.90 bits per heavy atom. The zero-order chi connectivity index (χ0) is 20.9. The van der Waals surface area contributed by atoms with E-state index in [4.69, 9.17) is 19.6 Å². The Balaban J connectivity index is 1.63. The number of benzodiazepines with no additional fused rings is 1. The molecule has 3 aromatic rings. The van der Waals surface area contributed by atoms with Crippen LogP contribution < -0.4 is 16.0 Å². The molecule has 0 radical (unpaired) electrons. The Labute approximate surface area is 173 Å². The molecule has 0 bridgehead atoms. The fourth-order valence-corrected chi connectivity index (χ4v) is 3.10. The molecule has 30 heavy (non-hydrogen) atoms. The van der Waals surface area contributed by atoms with Crippen molar-refractivity contribution in [2.75, 3.05) is 12.4 Å². The first kappa shape index (κ1) is 19.6. The van der Waals surface area contributed by atoms with Gasteiger partial charge in [0.25, 0.3) is 11.8 Å². The van der Waals surface area contributed by atoms with Crippen LogP contribution in [0.2, 0.25) is 0 Å². The molecule has 152 valence electrons. The summed E-state index contributed by atoms with van der Waals surface area (Å²) in [5.41, 5.74) is 3.07. The van der Waals surface area contributed by atoms with Crippen molar-refractivity contribution < 1.29 is 13.9 Å². The van der Waals surface area contributed by atoms with Gasteiger partial charge in [0.2, 0.25) is 6.35 Å². The van der Waals surface area contributed by atoms with Crippen molar-refractivity contribution in [1.29, 1.82) is 5.41 Å². The lowest BCUT2D eigenvalue weighted by Crippen LogP contribution is -2.52. The number of ether oxygens (including phenoxy) is 1. The van der Waals surface area contributed by atoms with Gasteiger partial charge in [0.05, 0.1) is 17.7 Å². The fraction of sp³-hybridized carbons (Fsp3) is 0.136. The monoisotopic (exact) mass is 403 g/mol. The van der Waals surface area contributed by atoms with E-state index in [0.717, 1.165) is 11.1 Å². The molecule has 0 spiro atoms. The van der Waals surface area contributed by atoms with Gasteiger partial charge >= 0.3 is 0 Å². The van der Waals surface area contributed by atoms with E-state index in [0.29, 0.717) is 11.4 Å². The van der Waals surface area contributed by atoms with Crippen molar-refractivity contribution in [3.05, 3.63) is 89.9 Å². The summed E-state index contributed by atoms with van der Waals surface area (Å²) in [4.78, 5) is 17.6. The summed E-state index contributed by atoms with van der Waals surface area (Å²) in [6, 6.07) is 20.5. The second kappa shape index (κ2) is 8.73. The molecule has 8 nitrogen and oxygen atoms in total. The van der Waals surface area contributed by atoms with E-state index >= 15 is 0 Å². The van der Waals surface area contributed by atoms with Gasteiger partial charge in [-0.25, -0.2) is 5.32 Å². The number of furan rings is 1. The first-order chi connectivity index (χ1) is 14.7. The molecular weight excluding hydrogens is 382 g/mol. The molecule has 0 saturated carbocycles. The maximum Gasteiger partial charge on any atom is 0.264 e. The summed E-state index contributed by atoms with van der Waals surface area (Å²) in [7, 11) is 1.65. The van der Waals surface area contributed by atoms with Crippen molar-refractivity contribution in [1.82, 2.24) is 10.6 Å². The zero-order valence-corrected chi connectivity index (χ0v) is 16.3.